The maximum atomic E-state index is 12.4. The summed E-state index contributed by atoms with van der Waals surface area (Å²) in [5.74, 6) is 0.689. The highest BCUT2D eigenvalue weighted by molar-refractivity contribution is 7.87. The lowest BCUT2D eigenvalue weighted by molar-refractivity contribution is 0.246. The fourth-order valence-corrected chi connectivity index (χ4v) is 4.20. The van der Waals surface area contributed by atoms with Gasteiger partial charge >= 0.3 is 0 Å². The first kappa shape index (κ1) is 17.9. The maximum Gasteiger partial charge on any atom is 0.279 e. The largest absolute Gasteiger partial charge is 0.318 e. The van der Waals surface area contributed by atoms with E-state index in [2.05, 4.69) is 23.9 Å². The maximum absolute atomic E-state index is 12.4. The topological polar surface area (TPSA) is 61.4 Å². The summed E-state index contributed by atoms with van der Waals surface area (Å²) >= 11 is 0. The minimum atomic E-state index is -3.31. The molecule has 0 aliphatic carbocycles. The monoisotopic (exact) mass is 305 g/mol. The Morgan fingerprint density at radius 2 is 2.00 bits per heavy atom. The van der Waals surface area contributed by atoms with Crippen molar-refractivity contribution in [3.8, 4) is 0 Å². The van der Waals surface area contributed by atoms with E-state index in [1.165, 1.54) is 0 Å². The Hall–Kier alpha value is -0.170. The zero-order valence-corrected chi connectivity index (χ0v) is 14.0. The third-order valence-corrected chi connectivity index (χ3v) is 5.48. The molecule has 2 N–H and O–H groups in total. The third kappa shape index (κ3) is 6.08. The van der Waals surface area contributed by atoms with Crippen LogP contribution in [0.1, 0.15) is 52.4 Å². The fourth-order valence-electron chi connectivity index (χ4n) is 2.69. The third-order valence-electron chi connectivity index (χ3n) is 3.81. The van der Waals surface area contributed by atoms with E-state index in [0.717, 1.165) is 45.1 Å². The predicted molar refractivity (Wildman–Crippen MR) is 83.9 cm³/mol. The number of nitrogens with zero attached hydrogens (tertiary/aromatic N) is 1. The Morgan fingerprint density at radius 1 is 1.25 bits per heavy atom. The number of likely N-dealkylation sites (N-methyl/N-ethyl adjacent to an activating group) is 1. The van der Waals surface area contributed by atoms with Crippen molar-refractivity contribution < 1.29 is 8.42 Å². The molecule has 1 fully saturated rings. The van der Waals surface area contributed by atoms with Gasteiger partial charge in [-0.05, 0) is 32.2 Å². The Balaban J connectivity index is 2.41. The van der Waals surface area contributed by atoms with Gasteiger partial charge in [0.15, 0.2) is 0 Å². The van der Waals surface area contributed by atoms with Crippen molar-refractivity contribution >= 4 is 10.2 Å². The van der Waals surface area contributed by atoms with Gasteiger partial charge in [-0.3, -0.25) is 0 Å². The lowest BCUT2D eigenvalue weighted by Crippen LogP contribution is -2.52. The van der Waals surface area contributed by atoms with Crippen molar-refractivity contribution in [1.29, 1.82) is 0 Å². The first-order valence-electron chi connectivity index (χ1n) is 7.88. The number of hydrogen-bond acceptors (Lipinski definition) is 3. The van der Waals surface area contributed by atoms with Crippen LogP contribution in [0, 0.1) is 5.92 Å². The van der Waals surface area contributed by atoms with Gasteiger partial charge in [0.05, 0.1) is 0 Å². The quantitative estimate of drug-likeness (QED) is 0.638. The lowest BCUT2D eigenvalue weighted by atomic mass is 10.1. The normalized spacial score (nSPS) is 21.5. The smallest absolute Gasteiger partial charge is 0.279 e. The molecule has 6 heteroatoms. The van der Waals surface area contributed by atoms with Gasteiger partial charge in [0.2, 0.25) is 0 Å². The molecule has 1 heterocycles. The minimum absolute atomic E-state index is 0.0990. The summed E-state index contributed by atoms with van der Waals surface area (Å²) in [4.78, 5) is 0. The molecular weight excluding hydrogens is 274 g/mol. The van der Waals surface area contributed by atoms with E-state index >= 15 is 0 Å². The van der Waals surface area contributed by atoms with Crippen molar-refractivity contribution in [3.05, 3.63) is 0 Å². The van der Waals surface area contributed by atoms with Crippen LogP contribution in [0.15, 0.2) is 0 Å². The molecule has 0 aromatic heterocycles. The highest BCUT2D eigenvalue weighted by Gasteiger charge is 2.31. The Kier molecular flexibility index (Phi) is 8.02. The van der Waals surface area contributed by atoms with Gasteiger partial charge in [0.1, 0.15) is 0 Å². The summed E-state index contributed by atoms with van der Waals surface area (Å²) < 4.78 is 29.1. The molecule has 1 aliphatic heterocycles. The number of unbranched alkanes of at least 4 members (excludes halogenated alkanes) is 1. The number of nitrogens with one attached hydrogen (secondary N) is 2. The first-order chi connectivity index (χ1) is 9.47. The molecule has 0 aromatic rings. The summed E-state index contributed by atoms with van der Waals surface area (Å²) in [5.41, 5.74) is 0. The van der Waals surface area contributed by atoms with Crippen LogP contribution in [0.5, 0.6) is 0 Å². The molecule has 1 aliphatic rings. The summed E-state index contributed by atoms with van der Waals surface area (Å²) in [6, 6.07) is 0.0990. The van der Waals surface area contributed by atoms with E-state index in [0.29, 0.717) is 19.0 Å². The van der Waals surface area contributed by atoms with Crippen molar-refractivity contribution in [1.82, 2.24) is 14.3 Å². The van der Waals surface area contributed by atoms with Crippen LogP contribution in [0.3, 0.4) is 0 Å². The fraction of sp³-hybridized carbons (Fsp3) is 1.00. The molecule has 0 bridgehead atoms. The molecule has 20 heavy (non-hydrogen) atoms. The molecule has 0 saturated carbocycles. The second-order valence-electron chi connectivity index (χ2n) is 6.11. The van der Waals surface area contributed by atoms with Gasteiger partial charge in [-0.25, -0.2) is 4.72 Å². The van der Waals surface area contributed by atoms with Crippen LogP contribution in [0.4, 0.5) is 0 Å². The summed E-state index contributed by atoms with van der Waals surface area (Å²) in [6.07, 6.45) is 6.20. The predicted octanol–water partition coefficient (Wildman–Crippen LogP) is 1.72. The zero-order valence-electron chi connectivity index (χ0n) is 13.2. The van der Waals surface area contributed by atoms with Crippen molar-refractivity contribution in [3.63, 3.8) is 0 Å². The molecule has 0 aromatic carbocycles. The Labute approximate surface area is 124 Å². The van der Waals surface area contributed by atoms with E-state index in [9.17, 15) is 8.42 Å². The molecule has 0 amide bonds. The van der Waals surface area contributed by atoms with E-state index in [4.69, 9.17) is 0 Å². The van der Waals surface area contributed by atoms with Gasteiger partial charge in [-0.1, -0.05) is 33.1 Å². The lowest BCUT2D eigenvalue weighted by Gasteiger charge is -2.34. The van der Waals surface area contributed by atoms with Gasteiger partial charge < -0.3 is 5.32 Å². The van der Waals surface area contributed by atoms with Crippen molar-refractivity contribution in [2.75, 3.05) is 26.7 Å². The first-order valence-corrected chi connectivity index (χ1v) is 9.32. The second kappa shape index (κ2) is 8.97. The zero-order chi connectivity index (χ0) is 15.0. The Morgan fingerprint density at radius 3 is 2.65 bits per heavy atom. The van der Waals surface area contributed by atoms with Gasteiger partial charge in [-0.2, -0.15) is 12.7 Å². The van der Waals surface area contributed by atoms with Gasteiger partial charge in [-0.15, -0.1) is 0 Å². The number of hydrogen-bond donors (Lipinski definition) is 2. The Bertz CT molecular complexity index is 355. The molecule has 1 saturated heterocycles. The highest BCUT2D eigenvalue weighted by Crippen LogP contribution is 2.19. The summed E-state index contributed by atoms with van der Waals surface area (Å²) in [6.45, 7) is 6.32. The van der Waals surface area contributed by atoms with Crippen LogP contribution in [-0.2, 0) is 10.2 Å². The summed E-state index contributed by atoms with van der Waals surface area (Å²) in [5, 5.41) is 3.09. The molecule has 1 rings (SSSR count). The average Bonchev–Trinajstić information content (AvgIpc) is 2.38. The molecule has 120 valence electrons. The standard InChI is InChI=1S/C14H31N3O2S/c1-13(2)8-4-6-10-16-20(18,19)17-11-7-5-9-14(17)12-15-3/h13-16H,4-12H2,1-3H3. The van der Waals surface area contributed by atoms with E-state index in [1.54, 1.807) is 4.31 Å². The van der Waals surface area contributed by atoms with Crippen LogP contribution in [0.25, 0.3) is 0 Å². The van der Waals surface area contributed by atoms with Crippen LogP contribution in [-0.4, -0.2) is 45.4 Å². The highest BCUT2D eigenvalue weighted by atomic mass is 32.2. The second-order valence-corrected chi connectivity index (χ2v) is 7.81. The average molecular weight is 305 g/mol. The van der Waals surface area contributed by atoms with Crippen LogP contribution >= 0.6 is 0 Å². The van der Waals surface area contributed by atoms with Crippen LogP contribution < -0.4 is 10.0 Å². The van der Waals surface area contributed by atoms with Crippen LogP contribution in [0.2, 0.25) is 0 Å². The van der Waals surface area contributed by atoms with Gasteiger partial charge in [0.25, 0.3) is 10.2 Å². The van der Waals surface area contributed by atoms with E-state index in [1.807, 2.05) is 7.05 Å². The molecular formula is C14H31N3O2S. The minimum Gasteiger partial charge on any atom is -0.318 e. The van der Waals surface area contributed by atoms with E-state index < -0.39 is 10.2 Å². The van der Waals surface area contributed by atoms with Crippen molar-refractivity contribution in [2.24, 2.45) is 5.92 Å². The molecule has 1 atom stereocenters. The van der Waals surface area contributed by atoms with E-state index in [-0.39, 0.29) is 6.04 Å². The molecule has 0 radical (unpaired) electrons. The molecule has 5 nitrogen and oxygen atoms in total. The summed E-state index contributed by atoms with van der Waals surface area (Å²) in [7, 11) is -1.44. The molecule has 0 spiro atoms. The van der Waals surface area contributed by atoms with Gasteiger partial charge in [0, 0.05) is 25.7 Å². The van der Waals surface area contributed by atoms with Crippen molar-refractivity contribution in [2.45, 2.75) is 58.4 Å². The SMILES string of the molecule is CNCC1CCCCN1S(=O)(=O)NCCCCC(C)C. The number of rotatable bonds is 9. The molecule has 1 unspecified atom stereocenters. The number of piperidine rings is 1.